The smallest absolute Gasteiger partial charge is 0.255 e. The monoisotopic (exact) mass is 376 g/mol. The summed E-state index contributed by atoms with van der Waals surface area (Å²) in [7, 11) is 0. The molecular formula is C21H20N4OS. The van der Waals surface area contributed by atoms with Crippen LogP contribution in [0.5, 0.6) is 0 Å². The average Bonchev–Trinajstić information content (AvgIpc) is 3.33. The largest absolute Gasteiger partial charge is 0.361 e. The molecule has 4 heterocycles. The van der Waals surface area contributed by atoms with E-state index in [9.17, 15) is 4.79 Å². The Morgan fingerprint density at radius 3 is 3.07 bits per heavy atom. The highest BCUT2D eigenvalue weighted by Crippen LogP contribution is 2.25. The van der Waals surface area contributed by atoms with Gasteiger partial charge < -0.3 is 9.97 Å². The molecule has 0 fully saturated rings. The molecule has 6 heteroatoms. The van der Waals surface area contributed by atoms with Gasteiger partial charge in [-0.2, -0.15) is 0 Å². The maximum Gasteiger partial charge on any atom is 0.255 e. The Hall–Kier alpha value is -2.70. The molecule has 0 saturated heterocycles. The molecule has 0 spiro atoms. The van der Waals surface area contributed by atoms with Crippen LogP contribution < -0.4 is 5.56 Å². The lowest BCUT2D eigenvalue weighted by Crippen LogP contribution is -2.35. The first-order valence-electron chi connectivity index (χ1n) is 9.12. The fourth-order valence-corrected chi connectivity index (χ4v) is 4.48. The van der Waals surface area contributed by atoms with Crippen molar-refractivity contribution in [2.75, 3.05) is 6.54 Å². The van der Waals surface area contributed by atoms with E-state index in [1.54, 1.807) is 11.3 Å². The zero-order valence-corrected chi connectivity index (χ0v) is 15.9. The van der Waals surface area contributed by atoms with Crippen molar-refractivity contribution in [3.8, 4) is 10.7 Å². The lowest BCUT2D eigenvalue weighted by atomic mass is 10.0. The minimum absolute atomic E-state index is 0.0112. The zero-order chi connectivity index (χ0) is 18.4. The molecule has 5 rings (SSSR count). The molecule has 1 aliphatic heterocycles. The average molecular weight is 376 g/mol. The topological polar surface area (TPSA) is 64.8 Å². The van der Waals surface area contributed by atoms with Gasteiger partial charge in [0.25, 0.3) is 5.56 Å². The van der Waals surface area contributed by atoms with Gasteiger partial charge in [0.15, 0.2) is 5.82 Å². The molecule has 1 aromatic carbocycles. The highest BCUT2D eigenvalue weighted by Gasteiger charge is 2.22. The Balaban J connectivity index is 1.42. The van der Waals surface area contributed by atoms with Gasteiger partial charge in [0.1, 0.15) is 0 Å². The number of fused-ring (bicyclic) bond motifs is 2. The second-order valence-electron chi connectivity index (χ2n) is 7.14. The van der Waals surface area contributed by atoms with Gasteiger partial charge in [-0.05, 0) is 36.1 Å². The highest BCUT2D eigenvalue weighted by molar-refractivity contribution is 7.13. The SMILES string of the molecule is Cc1ccc2[nH]cc(CN3CCc4nc(-c5cccs5)[nH]c(=O)c4C3)c2c1. The molecule has 2 N–H and O–H groups in total. The van der Waals surface area contributed by atoms with Crippen LogP contribution in [0.3, 0.4) is 0 Å². The predicted molar refractivity (Wildman–Crippen MR) is 109 cm³/mol. The van der Waals surface area contributed by atoms with Gasteiger partial charge in [0.05, 0.1) is 16.1 Å². The lowest BCUT2D eigenvalue weighted by molar-refractivity contribution is 0.242. The van der Waals surface area contributed by atoms with E-state index in [2.05, 4.69) is 46.2 Å². The Bertz CT molecular complexity index is 1170. The van der Waals surface area contributed by atoms with Gasteiger partial charge in [-0.15, -0.1) is 11.3 Å². The van der Waals surface area contributed by atoms with Crippen molar-refractivity contribution in [1.29, 1.82) is 0 Å². The third kappa shape index (κ3) is 3.01. The van der Waals surface area contributed by atoms with Gasteiger partial charge in [-0.25, -0.2) is 4.98 Å². The van der Waals surface area contributed by atoms with E-state index < -0.39 is 0 Å². The number of benzene rings is 1. The number of aryl methyl sites for hydroxylation is 1. The Labute approximate surface area is 160 Å². The summed E-state index contributed by atoms with van der Waals surface area (Å²) in [5.41, 5.74) is 5.42. The van der Waals surface area contributed by atoms with Crippen LogP contribution in [0.25, 0.3) is 21.6 Å². The number of nitrogens with zero attached hydrogens (tertiary/aromatic N) is 2. The standard InChI is InChI=1S/C21H20N4OS/c1-13-4-5-17-15(9-13)14(10-22-17)11-25-7-6-18-16(12-25)21(26)24-20(23-18)19-3-2-8-27-19/h2-5,8-10,22H,6-7,11-12H2,1H3,(H,23,24,26). The summed E-state index contributed by atoms with van der Waals surface area (Å²) in [6.07, 6.45) is 2.89. The predicted octanol–water partition coefficient (Wildman–Crippen LogP) is 3.85. The number of rotatable bonds is 3. The minimum atomic E-state index is -0.0112. The fourth-order valence-electron chi connectivity index (χ4n) is 3.81. The first-order chi connectivity index (χ1) is 13.2. The summed E-state index contributed by atoms with van der Waals surface area (Å²) in [5, 5.41) is 3.26. The van der Waals surface area contributed by atoms with E-state index >= 15 is 0 Å². The highest BCUT2D eigenvalue weighted by atomic mass is 32.1. The van der Waals surface area contributed by atoms with Crippen molar-refractivity contribution in [3.63, 3.8) is 0 Å². The second kappa shape index (κ2) is 6.48. The number of thiophene rings is 1. The number of nitrogens with one attached hydrogen (secondary N) is 2. The molecule has 0 bridgehead atoms. The molecule has 0 atom stereocenters. The summed E-state index contributed by atoms with van der Waals surface area (Å²) in [6, 6.07) is 10.4. The number of hydrogen-bond acceptors (Lipinski definition) is 4. The summed E-state index contributed by atoms with van der Waals surface area (Å²) in [4.78, 5) is 27.0. The van der Waals surface area contributed by atoms with Crippen molar-refractivity contribution < 1.29 is 0 Å². The lowest BCUT2D eigenvalue weighted by Gasteiger charge is -2.27. The third-order valence-electron chi connectivity index (χ3n) is 5.22. The molecule has 0 radical (unpaired) electrons. The third-order valence-corrected chi connectivity index (χ3v) is 6.10. The molecule has 4 aromatic rings. The molecule has 1 aliphatic rings. The Kier molecular flexibility index (Phi) is 3.95. The molecule has 0 saturated carbocycles. The summed E-state index contributed by atoms with van der Waals surface area (Å²) in [6.45, 7) is 4.49. The minimum Gasteiger partial charge on any atom is -0.361 e. The quantitative estimate of drug-likeness (QED) is 0.571. The van der Waals surface area contributed by atoms with Crippen LogP contribution in [0.4, 0.5) is 0 Å². The number of hydrogen-bond donors (Lipinski definition) is 2. The van der Waals surface area contributed by atoms with Crippen molar-refractivity contribution in [1.82, 2.24) is 19.9 Å². The first-order valence-corrected chi connectivity index (χ1v) is 10.0. The molecule has 136 valence electrons. The molecular weight excluding hydrogens is 356 g/mol. The Morgan fingerprint density at radius 1 is 1.30 bits per heavy atom. The molecule has 0 aliphatic carbocycles. The van der Waals surface area contributed by atoms with Gasteiger partial charge in [-0.1, -0.05) is 17.7 Å². The normalized spacial score (nSPS) is 14.6. The van der Waals surface area contributed by atoms with Crippen molar-refractivity contribution >= 4 is 22.2 Å². The molecule has 27 heavy (non-hydrogen) atoms. The summed E-state index contributed by atoms with van der Waals surface area (Å²) in [5.74, 6) is 0.689. The number of H-pyrrole nitrogens is 2. The van der Waals surface area contributed by atoms with Crippen molar-refractivity contribution in [3.05, 3.63) is 74.6 Å². The molecule has 5 nitrogen and oxygen atoms in total. The van der Waals surface area contributed by atoms with Gasteiger partial charge in [-0.3, -0.25) is 9.69 Å². The van der Waals surface area contributed by atoms with Gasteiger partial charge in [0, 0.05) is 43.2 Å². The first kappa shape index (κ1) is 16.5. The van der Waals surface area contributed by atoms with Crippen LogP contribution >= 0.6 is 11.3 Å². The number of aromatic nitrogens is 3. The van der Waals surface area contributed by atoms with Gasteiger partial charge in [0.2, 0.25) is 0 Å². The van der Waals surface area contributed by atoms with E-state index in [1.165, 1.54) is 16.5 Å². The van der Waals surface area contributed by atoms with Crippen LogP contribution in [-0.4, -0.2) is 26.4 Å². The van der Waals surface area contributed by atoms with E-state index in [0.717, 1.165) is 41.2 Å². The molecule has 3 aromatic heterocycles. The van der Waals surface area contributed by atoms with Gasteiger partial charge >= 0.3 is 0 Å². The number of aromatic amines is 2. The van der Waals surface area contributed by atoms with Crippen LogP contribution in [-0.2, 0) is 19.5 Å². The molecule has 0 unspecified atom stereocenters. The zero-order valence-electron chi connectivity index (χ0n) is 15.1. The van der Waals surface area contributed by atoms with E-state index in [-0.39, 0.29) is 5.56 Å². The van der Waals surface area contributed by atoms with Crippen LogP contribution in [0, 0.1) is 6.92 Å². The van der Waals surface area contributed by atoms with Crippen LogP contribution in [0.2, 0.25) is 0 Å². The van der Waals surface area contributed by atoms with E-state index in [4.69, 9.17) is 4.98 Å². The maximum absolute atomic E-state index is 12.7. The fraction of sp³-hybridized carbons (Fsp3) is 0.238. The van der Waals surface area contributed by atoms with E-state index in [1.807, 2.05) is 17.5 Å². The van der Waals surface area contributed by atoms with Crippen molar-refractivity contribution in [2.24, 2.45) is 0 Å². The maximum atomic E-state index is 12.7. The molecule has 0 amide bonds. The summed E-state index contributed by atoms with van der Waals surface area (Å²) >= 11 is 1.59. The Morgan fingerprint density at radius 2 is 2.22 bits per heavy atom. The van der Waals surface area contributed by atoms with E-state index in [0.29, 0.717) is 12.4 Å². The van der Waals surface area contributed by atoms with Crippen molar-refractivity contribution in [2.45, 2.75) is 26.4 Å². The van der Waals surface area contributed by atoms with Crippen LogP contribution in [0.1, 0.15) is 22.4 Å². The second-order valence-corrected chi connectivity index (χ2v) is 8.09. The van der Waals surface area contributed by atoms with Crippen LogP contribution in [0.15, 0.2) is 46.7 Å². The summed E-state index contributed by atoms with van der Waals surface area (Å²) < 4.78 is 0.